The van der Waals surface area contributed by atoms with Gasteiger partial charge in [0.1, 0.15) is 12.2 Å². The molecule has 4 saturated carbocycles. The molecule has 8 nitrogen and oxygen atoms in total. The third kappa shape index (κ3) is 6.08. The zero-order valence-electron chi connectivity index (χ0n) is 22.1. The van der Waals surface area contributed by atoms with Gasteiger partial charge in [0.15, 0.2) is 0 Å². The average molecular weight is 487 g/mol. The number of hydrogen-bond acceptors (Lipinski definition) is 6. The van der Waals surface area contributed by atoms with Crippen LogP contribution in [0, 0.1) is 29.1 Å². The minimum atomic E-state index is -0.517. The first-order valence-electron chi connectivity index (χ1n) is 13.0. The molecule has 0 aromatic carbocycles. The Balaban J connectivity index is 1.49. The smallest absolute Gasteiger partial charge is 0.258 e. The molecule has 0 aliphatic heterocycles. The molecule has 2 unspecified atom stereocenters. The van der Waals surface area contributed by atoms with Gasteiger partial charge in [-0.05, 0) is 69.6 Å². The van der Waals surface area contributed by atoms with E-state index in [0.717, 1.165) is 37.8 Å². The molecular weight excluding hydrogens is 444 g/mol. The molecule has 4 fully saturated rings. The SMILES string of the molecule is CC(C)=NOCC(C)(C)/C=C/n1ncc(C(=O)NC2C3CC4CC2CC(O)(C4)C3)c1OCC(C)C. The number of carbonyl (C=O) groups is 1. The number of oxime groups is 1. The van der Waals surface area contributed by atoms with Crippen LogP contribution in [-0.4, -0.2) is 51.4 Å². The molecule has 4 bridgehead atoms. The summed E-state index contributed by atoms with van der Waals surface area (Å²) in [5.41, 5.74) is 0.508. The van der Waals surface area contributed by atoms with Gasteiger partial charge in [0, 0.05) is 17.7 Å². The summed E-state index contributed by atoms with van der Waals surface area (Å²) in [4.78, 5) is 18.9. The van der Waals surface area contributed by atoms with E-state index in [4.69, 9.17) is 9.57 Å². The second kappa shape index (κ2) is 9.96. The summed E-state index contributed by atoms with van der Waals surface area (Å²) in [6, 6.07) is 0.106. The van der Waals surface area contributed by atoms with Crippen LogP contribution in [0.2, 0.25) is 0 Å². The molecule has 4 aliphatic carbocycles. The highest BCUT2D eigenvalue weighted by Crippen LogP contribution is 2.55. The molecule has 8 heteroatoms. The molecule has 35 heavy (non-hydrogen) atoms. The molecule has 1 aromatic heterocycles. The summed E-state index contributed by atoms with van der Waals surface area (Å²) in [5, 5.41) is 22.7. The fraction of sp³-hybridized carbons (Fsp3) is 0.741. The van der Waals surface area contributed by atoms with Crippen LogP contribution >= 0.6 is 0 Å². The maximum atomic E-state index is 13.4. The molecule has 4 aliphatic rings. The highest BCUT2D eigenvalue weighted by Gasteiger charge is 2.55. The number of hydrogen-bond donors (Lipinski definition) is 2. The molecule has 0 saturated heterocycles. The Kier molecular flexibility index (Phi) is 7.32. The van der Waals surface area contributed by atoms with Crippen LogP contribution in [0.15, 0.2) is 17.4 Å². The fourth-order valence-electron chi connectivity index (χ4n) is 6.10. The summed E-state index contributed by atoms with van der Waals surface area (Å²) in [7, 11) is 0. The third-order valence-corrected chi connectivity index (χ3v) is 7.44. The van der Waals surface area contributed by atoms with Gasteiger partial charge in [-0.1, -0.05) is 38.9 Å². The van der Waals surface area contributed by atoms with E-state index in [-0.39, 0.29) is 17.4 Å². The highest BCUT2D eigenvalue weighted by atomic mass is 16.6. The summed E-state index contributed by atoms with van der Waals surface area (Å²) in [6.07, 6.45) is 10.1. The Labute approximate surface area is 209 Å². The number of nitrogens with zero attached hydrogens (tertiary/aromatic N) is 3. The average Bonchev–Trinajstić information content (AvgIpc) is 3.14. The van der Waals surface area contributed by atoms with Crippen molar-refractivity contribution in [2.75, 3.05) is 13.2 Å². The number of carbonyl (C=O) groups excluding carboxylic acids is 1. The third-order valence-electron chi connectivity index (χ3n) is 7.44. The maximum absolute atomic E-state index is 13.4. The normalized spacial score (nSPS) is 29.6. The number of nitrogens with one attached hydrogen (secondary N) is 1. The van der Waals surface area contributed by atoms with E-state index in [9.17, 15) is 9.90 Å². The molecule has 1 aromatic rings. The topological polar surface area (TPSA) is 98.0 Å². The minimum Gasteiger partial charge on any atom is -0.477 e. The van der Waals surface area contributed by atoms with E-state index >= 15 is 0 Å². The van der Waals surface area contributed by atoms with E-state index in [0.29, 0.717) is 48.3 Å². The lowest BCUT2D eigenvalue weighted by molar-refractivity contribution is -0.136. The Bertz CT molecular complexity index is 960. The Hall–Kier alpha value is -2.35. The lowest BCUT2D eigenvalue weighted by Gasteiger charge is -2.58. The predicted octanol–water partition coefficient (Wildman–Crippen LogP) is 4.50. The zero-order chi connectivity index (χ0) is 25.4. The van der Waals surface area contributed by atoms with Gasteiger partial charge in [-0.2, -0.15) is 5.10 Å². The fourth-order valence-corrected chi connectivity index (χ4v) is 6.10. The number of amides is 1. The second-order valence-corrected chi connectivity index (χ2v) is 12.3. The van der Waals surface area contributed by atoms with Crippen LogP contribution < -0.4 is 10.1 Å². The second-order valence-electron chi connectivity index (χ2n) is 12.3. The Morgan fingerprint density at radius 1 is 1.31 bits per heavy atom. The van der Waals surface area contributed by atoms with Gasteiger partial charge in [0.25, 0.3) is 5.91 Å². The van der Waals surface area contributed by atoms with Crippen LogP contribution in [0.5, 0.6) is 5.88 Å². The Morgan fingerprint density at radius 3 is 2.60 bits per heavy atom. The van der Waals surface area contributed by atoms with Crippen molar-refractivity contribution < 1.29 is 19.5 Å². The van der Waals surface area contributed by atoms with Crippen LogP contribution in [0.1, 0.15) is 84.0 Å². The number of aromatic nitrogens is 2. The van der Waals surface area contributed by atoms with E-state index in [2.05, 4.69) is 43.3 Å². The van der Waals surface area contributed by atoms with Crippen molar-refractivity contribution in [3.63, 3.8) is 0 Å². The summed E-state index contributed by atoms with van der Waals surface area (Å²) < 4.78 is 7.72. The van der Waals surface area contributed by atoms with E-state index in [1.54, 1.807) is 10.9 Å². The van der Waals surface area contributed by atoms with Crippen molar-refractivity contribution in [2.45, 2.75) is 85.3 Å². The van der Waals surface area contributed by atoms with Crippen molar-refractivity contribution in [3.8, 4) is 5.88 Å². The molecule has 1 heterocycles. The number of aliphatic hydroxyl groups is 1. The zero-order valence-corrected chi connectivity index (χ0v) is 22.1. The highest BCUT2D eigenvalue weighted by molar-refractivity contribution is 5.96. The standard InChI is InChI=1S/C27H42N4O4/c1-17(2)15-34-25-22(14-28-31(25)8-7-26(5,6)16-35-30-18(3)4)24(32)29-23-20-9-19-10-21(23)13-27(33,11-19)12-20/h7-8,14,17,19-21,23,33H,9-13,15-16H2,1-6H3,(H,29,32)/b8-7+. The van der Waals surface area contributed by atoms with Crippen molar-refractivity contribution in [2.24, 2.45) is 34.2 Å². The monoisotopic (exact) mass is 486 g/mol. The van der Waals surface area contributed by atoms with Gasteiger partial charge < -0.3 is 20.0 Å². The maximum Gasteiger partial charge on any atom is 0.258 e. The largest absolute Gasteiger partial charge is 0.477 e. The number of ether oxygens (including phenoxy) is 1. The van der Waals surface area contributed by atoms with Gasteiger partial charge >= 0.3 is 0 Å². The van der Waals surface area contributed by atoms with Gasteiger partial charge in [-0.15, -0.1) is 0 Å². The molecule has 5 rings (SSSR count). The van der Waals surface area contributed by atoms with Crippen LogP contribution in [0.4, 0.5) is 0 Å². The number of rotatable bonds is 10. The molecule has 2 atom stereocenters. The lowest BCUT2D eigenvalue weighted by atomic mass is 9.52. The summed E-state index contributed by atoms with van der Waals surface area (Å²) in [5.74, 6) is 1.91. The van der Waals surface area contributed by atoms with Crippen molar-refractivity contribution in [1.29, 1.82) is 0 Å². The molecular formula is C27H42N4O4. The van der Waals surface area contributed by atoms with Crippen LogP contribution in [0.3, 0.4) is 0 Å². The van der Waals surface area contributed by atoms with Crippen molar-refractivity contribution >= 4 is 17.8 Å². The first-order valence-corrected chi connectivity index (χ1v) is 13.0. The molecule has 194 valence electrons. The molecule has 1 amide bonds. The van der Waals surface area contributed by atoms with Gasteiger partial charge in [-0.25, -0.2) is 4.68 Å². The van der Waals surface area contributed by atoms with Crippen LogP contribution in [-0.2, 0) is 4.84 Å². The van der Waals surface area contributed by atoms with Crippen molar-refractivity contribution in [3.05, 3.63) is 17.8 Å². The molecule has 0 spiro atoms. The quantitative estimate of drug-likeness (QED) is 0.375. The molecule has 0 radical (unpaired) electrons. The summed E-state index contributed by atoms with van der Waals surface area (Å²) >= 11 is 0. The Morgan fingerprint density at radius 2 is 2.00 bits per heavy atom. The van der Waals surface area contributed by atoms with E-state index in [1.807, 2.05) is 26.1 Å². The lowest BCUT2D eigenvalue weighted by Crippen LogP contribution is -2.61. The van der Waals surface area contributed by atoms with Gasteiger partial charge in [0.2, 0.25) is 5.88 Å². The van der Waals surface area contributed by atoms with Crippen LogP contribution in [0.25, 0.3) is 6.20 Å². The van der Waals surface area contributed by atoms with E-state index in [1.165, 1.54) is 0 Å². The summed E-state index contributed by atoms with van der Waals surface area (Å²) in [6.45, 7) is 12.9. The van der Waals surface area contributed by atoms with Gasteiger partial charge in [0.05, 0.1) is 24.1 Å². The van der Waals surface area contributed by atoms with E-state index < -0.39 is 5.60 Å². The predicted molar refractivity (Wildman–Crippen MR) is 136 cm³/mol. The first-order chi connectivity index (χ1) is 16.4. The minimum absolute atomic E-state index is 0.106. The molecule has 2 N–H and O–H groups in total. The van der Waals surface area contributed by atoms with Crippen molar-refractivity contribution in [1.82, 2.24) is 15.1 Å². The first kappa shape index (κ1) is 25.7. The van der Waals surface area contributed by atoms with Gasteiger partial charge in [-0.3, -0.25) is 4.79 Å².